The number of aryl methyl sites for hydroxylation is 2. The first-order chi connectivity index (χ1) is 11.0. The Balaban J connectivity index is 1.62. The Bertz CT molecular complexity index is 711. The van der Waals surface area contributed by atoms with Gasteiger partial charge in [-0.2, -0.15) is 0 Å². The molecule has 1 aromatic heterocycles. The molecule has 1 aliphatic carbocycles. The van der Waals surface area contributed by atoms with Crippen LogP contribution in [0.2, 0.25) is 0 Å². The predicted octanol–water partition coefficient (Wildman–Crippen LogP) is 3.98. The Morgan fingerprint density at radius 2 is 2.30 bits per heavy atom. The smallest absolute Gasteiger partial charge is 0.266 e. The van der Waals surface area contributed by atoms with Crippen molar-refractivity contribution in [2.45, 2.75) is 46.1 Å². The van der Waals surface area contributed by atoms with Crippen molar-refractivity contribution in [3.8, 4) is 5.75 Å². The molecule has 1 amide bonds. The zero-order chi connectivity index (χ0) is 16.4. The van der Waals surface area contributed by atoms with Crippen molar-refractivity contribution in [2.24, 2.45) is 5.92 Å². The molecule has 2 aromatic rings. The van der Waals surface area contributed by atoms with Gasteiger partial charge < -0.3 is 4.74 Å². The lowest BCUT2D eigenvalue weighted by atomic mass is 9.93. The van der Waals surface area contributed by atoms with Crippen LogP contribution < -0.4 is 10.1 Å². The van der Waals surface area contributed by atoms with Crippen LogP contribution in [0.5, 0.6) is 5.75 Å². The first-order valence-electron chi connectivity index (χ1n) is 8.04. The van der Waals surface area contributed by atoms with E-state index in [0.29, 0.717) is 16.8 Å². The highest BCUT2D eigenvalue weighted by molar-refractivity contribution is 7.15. The summed E-state index contributed by atoms with van der Waals surface area (Å²) in [5.74, 6) is 1.25. The van der Waals surface area contributed by atoms with E-state index in [1.807, 2.05) is 31.2 Å². The number of aromatic nitrogens is 1. The van der Waals surface area contributed by atoms with Crippen LogP contribution in [0, 0.1) is 12.8 Å². The second-order valence-electron chi connectivity index (χ2n) is 6.30. The summed E-state index contributed by atoms with van der Waals surface area (Å²) in [5.41, 5.74) is 2.26. The van der Waals surface area contributed by atoms with E-state index < -0.39 is 6.10 Å². The molecule has 2 atom stereocenters. The molecule has 1 N–H and O–H groups in total. The van der Waals surface area contributed by atoms with Gasteiger partial charge in [0.2, 0.25) is 0 Å². The fourth-order valence-electron chi connectivity index (χ4n) is 2.75. The molecule has 5 heteroatoms. The molecule has 1 heterocycles. The van der Waals surface area contributed by atoms with Crippen LogP contribution in [0.1, 0.15) is 36.4 Å². The number of carbonyl (C=O) groups excluding carboxylic acids is 1. The first-order valence-corrected chi connectivity index (χ1v) is 8.85. The third kappa shape index (κ3) is 3.91. The Morgan fingerprint density at radius 3 is 3.09 bits per heavy atom. The van der Waals surface area contributed by atoms with E-state index in [1.165, 1.54) is 11.3 Å². The van der Waals surface area contributed by atoms with E-state index in [0.717, 1.165) is 24.1 Å². The summed E-state index contributed by atoms with van der Waals surface area (Å²) in [7, 11) is 0. The topological polar surface area (TPSA) is 51.2 Å². The number of rotatable bonds is 4. The SMILES string of the molecule is Cc1cccc(O[C@H](C)C(=O)Nc2nc3c(s2)C[C@@H](C)CC3)c1. The molecule has 0 saturated heterocycles. The maximum absolute atomic E-state index is 12.3. The highest BCUT2D eigenvalue weighted by Crippen LogP contribution is 2.32. The van der Waals surface area contributed by atoms with Crippen LogP contribution in [0.25, 0.3) is 0 Å². The maximum Gasteiger partial charge on any atom is 0.266 e. The van der Waals surface area contributed by atoms with Crippen LogP contribution in [0.4, 0.5) is 5.13 Å². The maximum atomic E-state index is 12.3. The number of fused-ring (bicyclic) bond motifs is 1. The molecule has 0 aliphatic heterocycles. The van der Waals surface area contributed by atoms with Gasteiger partial charge in [-0.25, -0.2) is 4.98 Å². The summed E-state index contributed by atoms with van der Waals surface area (Å²) in [5, 5.41) is 3.58. The number of benzene rings is 1. The van der Waals surface area contributed by atoms with Crippen molar-refractivity contribution >= 4 is 22.4 Å². The lowest BCUT2D eigenvalue weighted by molar-refractivity contribution is -0.122. The fraction of sp³-hybridized carbons (Fsp3) is 0.444. The van der Waals surface area contributed by atoms with E-state index in [9.17, 15) is 4.79 Å². The zero-order valence-corrected chi connectivity index (χ0v) is 14.6. The Hall–Kier alpha value is -1.88. The highest BCUT2D eigenvalue weighted by atomic mass is 32.1. The lowest BCUT2D eigenvalue weighted by Crippen LogP contribution is -2.30. The molecule has 0 radical (unpaired) electrons. The molecule has 0 bridgehead atoms. The molecule has 23 heavy (non-hydrogen) atoms. The molecule has 0 spiro atoms. The number of hydrogen-bond acceptors (Lipinski definition) is 4. The van der Waals surface area contributed by atoms with Gasteiger partial charge in [0.25, 0.3) is 5.91 Å². The normalized spacial score (nSPS) is 18.1. The molecular formula is C18H22N2O2S. The third-order valence-corrected chi connectivity index (χ3v) is 5.12. The summed E-state index contributed by atoms with van der Waals surface area (Å²) in [6.45, 7) is 6.02. The molecule has 0 unspecified atom stereocenters. The number of amides is 1. The van der Waals surface area contributed by atoms with Crippen LogP contribution in [0.15, 0.2) is 24.3 Å². The van der Waals surface area contributed by atoms with Gasteiger partial charge in [-0.1, -0.05) is 19.1 Å². The van der Waals surface area contributed by atoms with E-state index in [2.05, 4.69) is 17.2 Å². The fourth-order valence-corrected chi connectivity index (χ4v) is 3.92. The number of carbonyl (C=O) groups is 1. The number of thiazole rings is 1. The van der Waals surface area contributed by atoms with Crippen molar-refractivity contribution in [3.05, 3.63) is 40.4 Å². The minimum atomic E-state index is -0.559. The number of nitrogens with one attached hydrogen (secondary N) is 1. The summed E-state index contributed by atoms with van der Waals surface area (Å²) in [4.78, 5) is 18.2. The zero-order valence-electron chi connectivity index (χ0n) is 13.8. The summed E-state index contributed by atoms with van der Waals surface area (Å²) in [6, 6.07) is 7.71. The van der Waals surface area contributed by atoms with E-state index in [1.54, 1.807) is 18.3 Å². The van der Waals surface area contributed by atoms with Crippen molar-refractivity contribution in [1.82, 2.24) is 4.98 Å². The van der Waals surface area contributed by atoms with Crippen molar-refractivity contribution in [1.29, 1.82) is 0 Å². The van der Waals surface area contributed by atoms with Gasteiger partial charge in [-0.15, -0.1) is 11.3 Å². The highest BCUT2D eigenvalue weighted by Gasteiger charge is 2.22. The standard InChI is InChI=1S/C18H22N2O2S/c1-11-5-4-6-14(9-11)22-13(3)17(21)20-18-19-15-8-7-12(2)10-16(15)23-18/h4-6,9,12-13H,7-8,10H2,1-3H3,(H,19,20,21)/t12-,13+/m0/s1. The average Bonchev–Trinajstić information content (AvgIpc) is 2.88. The lowest BCUT2D eigenvalue weighted by Gasteiger charge is -2.15. The summed E-state index contributed by atoms with van der Waals surface area (Å²) >= 11 is 1.59. The first kappa shape index (κ1) is 16.0. The molecule has 122 valence electrons. The van der Waals surface area contributed by atoms with E-state index in [4.69, 9.17) is 4.74 Å². The Labute approximate surface area is 140 Å². The van der Waals surface area contributed by atoms with Crippen LogP contribution in [-0.2, 0) is 17.6 Å². The van der Waals surface area contributed by atoms with Gasteiger partial charge in [-0.3, -0.25) is 10.1 Å². The minimum Gasteiger partial charge on any atom is -0.481 e. The largest absolute Gasteiger partial charge is 0.481 e. The van der Waals surface area contributed by atoms with Crippen molar-refractivity contribution in [3.63, 3.8) is 0 Å². The number of hydrogen-bond donors (Lipinski definition) is 1. The average molecular weight is 330 g/mol. The van der Waals surface area contributed by atoms with Gasteiger partial charge >= 0.3 is 0 Å². The van der Waals surface area contributed by atoms with Gasteiger partial charge in [0.1, 0.15) is 5.75 Å². The minimum absolute atomic E-state index is 0.161. The van der Waals surface area contributed by atoms with Gasteiger partial charge in [0.15, 0.2) is 11.2 Å². The third-order valence-electron chi connectivity index (χ3n) is 4.09. The quantitative estimate of drug-likeness (QED) is 0.922. The van der Waals surface area contributed by atoms with Gasteiger partial charge in [-0.05, 0) is 56.7 Å². The van der Waals surface area contributed by atoms with Crippen LogP contribution in [0.3, 0.4) is 0 Å². The molecule has 1 aromatic carbocycles. The van der Waals surface area contributed by atoms with Gasteiger partial charge in [0.05, 0.1) is 5.69 Å². The van der Waals surface area contributed by atoms with Crippen LogP contribution >= 0.6 is 11.3 Å². The number of ether oxygens (including phenoxy) is 1. The molecule has 0 fully saturated rings. The second kappa shape index (κ2) is 6.71. The molecule has 3 rings (SSSR count). The Morgan fingerprint density at radius 1 is 1.48 bits per heavy atom. The second-order valence-corrected chi connectivity index (χ2v) is 7.39. The molecule has 4 nitrogen and oxygen atoms in total. The van der Waals surface area contributed by atoms with Crippen molar-refractivity contribution in [2.75, 3.05) is 5.32 Å². The van der Waals surface area contributed by atoms with E-state index in [-0.39, 0.29) is 5.91 Å². The number of nitrogens with zero attached hydrogens (tertiary/aromatic N) is 1. The number of anilines is 1. The molecular weight excluding hydrogens is 308 g/mol. The Kier molecular flexibility index (Phi) is 4.66. The molecule has 0 saturated carbocycles. The predicted molar refractivity (Wildman–Crippen MR) is 93.2 cm³/mol. The molecule has 1 aliphatic rings. The monoisotopic (exact) mass is 330 g/mol. The van der Waals surface area contributed by atoms with E-state index >= 15 is 0 Å². The van der Waals surface area contributed by atoms with Crippen molar-refractivity contribution < 1.29 is 9.53 Å². The summed E-state index contributed by atoms with van der Waals surface area (Å²) < 4.78 is 5.71. The summed E-state index contributed by atoms with van der Waals surface area (Å²) in [6.07, 6.45) is 2.70. The van der Waals surface area contributed by atoms with Crippen LogP contribution in [-0.4, -0.2) is 17.0 Å². The van der Waals surface area contributed by atoms with Gasteiger partial charge in [0, 0.05) is 4.88 Å².